The molecule has 3 heteroatoms. The largest absolute Gasteiger partial charge is 0.314 e. The van der Waals surface area contributed by atoms with Gasteiger partial charge in [-0.15, -0.1) is 0 Å². The van der Waals surface area contributed by atoms with Gasteiger partial charge >= 0.3 is 0 Å². The molecule has 0 radical (unpaired) electrons. The zero-order chi connectivity index (χ0) is 13.8. The van der Waals surface area contributed by atoms with Gasteiger partial charge in [0, 0.05) is 16.1 Å². The van der Waals surface area contributed by atoms with Gasteiger partial charge < -0.3 is 5.32 Å². The molecule has 1 aromatic carbocycles. The van der Waals surface area contributed by atoms with E-state index in [-0.39, 0.29) is 0 Å². The van der Waals surface area contributed by atoms with E-state index in [0.717, 1.165) is 29.1 Å². The highest BCUT2D eigenvalue weighted by Crippen LogP contribution is 2.26. The van der Waals surface area contributed by atoms with Crippen molar-refractivity contribution in [2.75, 3.05) is 6.54 Å². The molecule has 1 aliphatic rings. The van der Waals surface area contributed by atoms with Crippen LogP contribution in [0.2, 0.25) is 10.0 Å². The summed E-state index contributed by atoms with van der Waals surface area (Å²) in [5, 5.41) is 5.25. The lowest BCUT2D eigenvalue weighted by Crippen LogP contribution is -2.27. The first-order valence-corrected chi connectivity index (χ1v) is 7.97. The average molecular weight is 300 g/mol. The number of rotatable bonds is 7. The zero-order valence-corrected chi connectivity index (χ0v) is 13.3. The monoisotopic (exact) mass is 299 g/mol. The third kappa shape index (κ3) is 5.33. The molecule has 0 aliphatic heterocycles. The van der Waals surface area contributed by atoms with Crippen molar-refractivity contribution in [1.82, 2.24) is 5.32 Å². The molecule has 106 valence electrons. The highest BCUT2D eigenvalue weighted by atomic mass is 35.5. The van der Waals surface area contributed by atoms with E-state index in [0.29, 0.717) is 11.8 Å². The molecule has 0 bridgehead atoms. The molecular formula is C16H23Cl2N. The van der Waals surface area contributed by atoms with Crippen molar-refractivity contribution in [3.63, 3.8) is 0 Å². The summed E-state index contributed by atoms with van der Waals surface area (Å²) >= 11 is 12.3. The molecule has 0 heterocycles. The first-order chi connectivity index (χ1) is 9.04. The molecule has 2 rings (SSSR count). The molecule has 1 atom stereocenters. The molecule has 1 fully saturated rings. The van der Waals surface area contributed by atoms with Crippen LogP contribution in [0.5, 0.6) is 0 Å². The molecule has 0 saturated heterocycles. The van der Waals surface area contributed by atoms with Crippen molar-refractivity contribution >= 4 is 23.2 Å². The number of benzene rings is 1. The van der Waals surface area contributed by atoms with Crippen LogP contribution in [0.3, 0.4) is 0 Å². The average Bonchev–Trinajstić information content (AvgIpc) is 3.14. The summed E-state index contributed by atoms with van der Waals surface area (Å²) in [6, 6.07) is 6.53. The second-order valence-corrected chi connectivity index (χ2v) is 6.96. The SMILES string of the molecule is CC(C)CC(CNC1CC1)Cc1cc(Cl)ccc1Cl. The number of hydrogen-bond acceptors (Lipinski definition) is 1. The Hall–Kier alpha value is -0.240. The lowest BCUT2D eigenvalue weighted by molar-refractivity contribution is 0.384. The van der Waals surface area contributed by atoms with Gasteiger partial charge in [-0.2, -0.15) is 0 Å². The first-order valence-electron chi connectivity index (χ1n) is 7.22. The Morgan fingerprint density at radius 2 is 2.00 bits per heavy atom. The smallest absolute Gasteiger partial charge is 0.0439 e. The molecular weight excluding hydrogens is 277 g/mol. The van der Waals surface area contributed by atoms with E-state index in [2.05, 4.69) is 19.2 Å². The lowest BCUT2D eigenvalue weighted by atomic mass is 9.91. The van der Waals surface area contributed by atoms with Crippen LogP contribution in [-0.2, 0) is 6.42 Å². The fourth-order valence-corrected chi connectivity index (χ4v) is 2.93. The van der Waals surface area contributed by atoms with Gasteiger partial charge in [-0.25, -0.2) is 0 Å². The van der Waals surface area contributed by atoms with Gasteiger partial charge in [0.05, 0.1) is 0 Å². The molecule has 1 nitrogen and oxygen atoms in total. The maximum absolute atomic E-state index is 6.27. The summed E-state index contributed by atoms with van der Waals surface area (Å²) in [6.07, 6.45) is 4.92. The summed E-state index contributed by atoms with van der Waals surface area (Å²) < 4.78 is 0. The second kappa shape index (κ2) is 6.97. The van der Waals surface area contributed by atoms with Gasteiger partial charge in [0.15, 0.2) is 0 Å². The van der Waals surface area contributed by atoms with Crippen molar-refractivity contribution in [2.45, 2.75) is 45.6 Å². The van der Waals surface area contributed by atoms with E-state index in [9.17, 15) is 0 Å². The maximum Gasteiger partial charge on any atom is 0.0439 e. The fraction of sp³-hybridized carbons (Fsp3) is 0.625. The highest BCUT2D eigenvalue weighted by Gasteiger charge is 2.22. The zero-order valence-electron chi connectivity index (χ0n) is 11.8. The Morgan fingerprint density at radius 3 is 2.63 bits per heavy atom. The van der Waals surface area contributed by atoms with Crippen molar-refractivity contribution in [1.29, 1.82) is 0 Å². The Labute approximate surface area is 126 Å². The summed E-state index contributed by atoms with van der Waals surface area (Å²) in [6.45, 7) is 5.65. The quantitative estimate of drug-likeness (QED) is 0.751. The highest BCUT2D eigenvalue weighted by molar-refractivity contribution is 6.33. The van der Waals surface area contributed by atoms with Crippen molar-refractivity contribution < 1.29 is 0 Å². The Kier molecular flexibility index (Phi) is 5.56. The van der Waals surface area contributed by atoms with Crippen LogP contribution in [0.25, 0.3) is 0 Å². The predicted octanol–water partition coefficient (Wildman–Crippen LogP) is 4.95. The van der Waals surface area contributed by atoms with Gasteiger partial charge in [0.25, 0.3) is 0 Å². The van der Waals surface area contributed by atoms with Crippen molar-refractivity contribution in [2.24, 2.45) is 11.8 Å². The normalized spacial score (nSPS) is 16.9. The van der Waals surface area contributed by atoms with E-state index in [1.165, 1.54) is 24.8 Å². The van der Waals surface area contributed by atoms with Crippen LogP contribution >= 0.6 is 23.2 Å². The molecule has 1 saturated carbocycles. The van der Waals surface area contributed by atoms with Crippen LogP contribution in [0, 0.1) is 11.8 Å². The lowest BCUT2D eigenvalue weighted by Gasteiger charge is -2.20. The number of nitrogens with one attached hydrogen (secondary N) is 1. The van der Waals surface area contributed by atoms with Crippen LogP contribution < -0.4 is 5.32 Å². The third-order valence-electron chi connectivity index (χ3n) is 3.59. The predicted molar refractivity (Wildman–Crippen MR) is 84.1 cm³/mol. The Morgan fingerprint density at radius 1 is 1.26 bits per heavy atom. The van der Waals surface area contributed by atoms with E-state index in [1.54, 1.807) is 0 Å². The van der Waals surface area contributed by atoms with Gasteiger partial charge in [0.1, 0.15) is 0 Å². The summed E-state index contributed by atoms with van der Waals surface area (Å²) in [4.78, 5) is 0. The van der Waals surface area contributed by atoms with Gasteiger partial charge in [-0.1, -0.05) is 37.0 Å². The van der Waals surface area contributed by atoms with Crippen molar-refractivity contribution in [3.05, 3.63) is 33.8 Å². The number of hydrogen-bond donors (Lipinski definition) is 1. The Balaban J connectivity index is 1.97. The van der Waals surface area contributed by atoms with Gasteiger partial charge in [-0.05, 0) is 67.8 Å². The van der Waals surface area contributed by atoms with Crippen LogP contribution in [0.15, 0.2) is 18.2 Å². The minimum absolute atomic E-state index is 0.636. The standard InChI is InChI=1S/C16H23Cl2N/c1-11(2)7-12(10-19-15-4-5-15)8-13-9-14(17)3-6-16(13)18/h3,6,9,11-12,15,19H,4-5,7-8,10H2,1-2H3. The molecule has 0 aromatic heterocycles. The second-order valence-electron chi connectivity index (χ2n) is 6.12. The minimum Gasteiger partial charge on any atom is -0.314 e. The van der Waals surface area contributed by atoms with E-state index >= 15 is 0 Å². The van der Waals surface area contributed by atoms with Crippen LogP contribution in [0.1, 0.15) is 38.7 Å². The Bertz CT molecular complexity index is 413. The third-order valence-corrected chi connectivity index (χ3v) is 4.20. The first kappa shape index (κ1) is 15.2. The molecule has 0 spiro atoms. The van der Waals surface area contributed by atoms with Crippen LogP contribution in [-0.4, -0.2) is 12.6 Å². The topological polar surface area (TPSA) is 12.0 Å². The maximum atomic E-state index is 6.27. The van der Waals surface area contributed by atoms with E-state index < -0.39 is 0 Å². The summed E-state index contributed by atoms with van der Waals surface area (Å²) in [7, 11) is 0. The summed E-state index contributed by atoms with van der Waals surface area (Å²) in [5.74, 6) is 1.35. The van der Waals surface area contributed by atoms with Gasteiger partial charge in [0.2, 0.25) is 0 Å². The summed E-state index contributed by atoms with van der Waals surface area (Å²) in [5.41, 5.74) is 1.18. The molecule has 1 unspecified atom stereocenters. The molecule has 0 amide bonds. The molecule has 1 N–H and O–H groups in total. The van der Waals surface area contributed by atoms with E-state index in [1.807, 2.05) is 18.2 Å². The van der Waals surface area contributed by atoms with Crippen molar-refractivity contribution in [3.8, 4) is 0 Å². The van der Waals surface area contributed by atoms with E-state index in [4.69, 9.17) is 23.2 Å². The minimum atomic E-state index is 0.636. The fourth-order valence-electron chi connectivity index (χ4n) is 2.54. The van der Waals surface area contributed by atoms with Crippen LogP contribution in [0.4, 0.5) is 0 Å². The number of halogens is 2. The molecule has 1 aromatic rings. The van der Waals surface area contributed by atoms with Gasteiger partial charge in [-0.3, -0.25) is 0 Å². The molecule has 19 heavy (non-hydrogen) atoms. The molecule has 1 aliphatic carbocycles.